The zero-order valence-electron chi connectivity index (χ0n) is 15.6. The van der Waals surface area contributed by atoms with E-state index >= 15 is 0 Å². The summed E-state index contributed by atoms with van der Waals surface area (Å²) in [5.41, 5.74) is 0.904. The Kier molecular flexibility index (Phi) is 7.12. The molecule has 4 nitrogen and oxygen atoms in total. The van der Waals surface area contributed by atoms with Crippen molar-refractivity contribution in [2.75, 3.05) is 38.5 Å². The third kappa shape index (κ3) is 5.97. The Balaban J connectivity index is 1.38. The minimum absolute atomic E-state index is 0.0508. The highest BCUT2D eigenvalue weighted by atomic mass is 32.2. The van der Waals surface area contributed by atoms with Crippen molar-refractivity contribution in [3.8, 4) is 0 Å². The quantitative estimate of drug-likeness (QED) is 0.761. The van der Waals surface area contributed by atoms with Crippen molar-refractivity contribution in [3.63, 3.8) is 0 Å². The molecule has 0 aliphatic carbocycles. The lowest BCUT2D eigenvalue weighted by atomic mass is 10.1. The van der Waals surface area contributed by atoms with Crippen molar-refractivity contribution in [2.45, 2.75) is 17.9 Å². The molecule has 6 heteroatoms. The minimum Gasteiger partial charge on any atom is -0.331 e. The van der Waals surface area contributed by atoms with Gasteiger partial charge in [0.15, 0.2) is 0 Å². The van der Waals surface area contributed by atoms with Crippen LogP contribution in [0.25, 0.3) is 0 Å². The van der Waals surface area contributed by atoms with Gasteiger partial charge in [0.05, 0.1) is 6.04 Å². The first-order chi connectivity index (χ1) is 13.1. The van der Waals surface area contributed by atoms with E-state index in [1.807, 2.05) is 29.7 Å². The van der Waals surface area contributed by atoms with Crippen LogP contribution in [0.15, 0.2) is 59.5 Å². The number of piperazine rings is 1. The first-order valence-corrected chi connectivity index (χ1v) is 10.3. The SMILES string of the molecule is CC(NC(=O)N1CCN(CCSc2ccccc2)CC1)c1ccc(F)cc1. The number of hydrogen-bond donors (Lipinski definition) is 1. The van der Waals surface area contributed by atoms with E-state index in [0.717, 1.165) is 44.0 Å². The third-order valence-electron chi connectivity index (χ3n) is 4.79. The van der Waals surface area contributed by atoms with Crippen molar-refractivity contribution in [2.24, 2.45) is 0 Å². The molecular formula is C21H26FN3OS. The Morgan fingerprint density at radius 3 is 2.41 bits per heavy atom. The molecule has 1 unspecified atom stereocenters. The third-order valence-corrected chi connectivity index (χ3v) is 5.78. The Hall–Kier alpha value is -2.05. The van der Waals surface area contributed by atoms with E-state index < -0.39 is 0 Å². The standard InChI is InChI=1S/C21H26FN3OS/c1-17(18-7-9-19(22)10-8-18)23-21(26)25-13-11-24(12-14-25)15-16-27-20-5-3-2-4-6-20/h2-10,17H,11-16H2,1H3,(H,23,26). The van der Waals surface area contributed by atoms with Gasteiger partial charge in [0, 0.05) is 43.4 Å². The van der Waals surface area contributed by atoms with Gasteiger partial charge in [0.1, 0.15) is 5.82 Å². The highest BCUT2D eigenvalue weighted by Gasteiger charge is 2.22. The fraction of sp³-hybridized carbons (Fsp3) is 0.381. The number of benzene rings is 2. The van der Waals surface area contributed by atoms with E-state index in [4.69, 9.17) is 0 Å². The summed E-state index contributed by atoms with van der Waals surface area (Å²) in [7, 11) is 0. The molecule has 0 bridgehead atoms. The molecule has 1 N–H and O–H groups in total. The van der Waals surface area contributed by atoms with E-state index in [2.05, 4.69) is 34.5 Å². The first-order valence-electron chi connectivity index (χ1n) is 9.33. The smallest absolute Gasteiger partial charge is 0.317 e. The number of halogens is 1. The van der Waals surface area contributed by atoms with Gasteiger partial charge in [-0.25, -0.2) is 9.18 Å². The van der Waals surface area contributed by atoms with Crippen molar-refractivity contribution in [1.29, 1.82) is 0 Å². The summed E-state index contributed by atoms with van der Waals surface area (Å²) in [6, 6.07) is 16.5. The maximum absolute atomic E-state index is 13.0. The summed E-state index contributed by atoms with van der Waals surface area (Å²) >= 11 is 1.87. The number of amides is 2. The highest BCUT2D eigenvalue weighted by molar-refractivity contribution is 7.99. The van der Waals surface area contributed by atoms with Crippen LogP contribution in [0.4, 0.5) is 9.18 Å². The van der Waals surface area contributed by atoms with Crippen LogP contribution in [0.2, 0.25) is 0 Å². The van der Waals surface area contributed by atoms with Crippen LogP contribution < -0.4 is 5.32 Å². The molecule has 1 aliphatic rings. The molecule has 2 aromatic rings. The maximum Gasteiger partial charge on any atom is 0.317 e. The van der Waals surface area contributed by atoms with Crippen molar-refractivity contribution < 1.29 is 9.18 Å². The lowest BCUT2D eigenvalue weighted by Gasteiger charge is -2.35. The summed E-state index contributed by atoms with van der Waals surface area (Å²) in [5, 5.41) is 3.01. The number of nitrogens with one attached hydrogen (secondary N) is 1. The van der Waals surface area contributed by atoms with Gasteiger partial charge < -0.3 is 10.2 Å². The van der Waals surface area contributed by atoms with Gasteiger partial charge in [-0.3, -0.25) is 4.90 Å². The van der Waals surface area contributed by atoms with Gasteiger partial charge in [-0.1, -0.05) is 30.3 Å². The lowest BCUT2D eigenvalue weighted by molar-refractivity contribution is 0.142. The molecule has 2 amide bonds. The number of thioether (sulfide) groups is 1. The second-order valence-corrected chi connectivity index (χ2v) is 7.88. The molecule has 0 radical (unpaired) electrons. The second-order valence-electron chi connectivity index (χ2n) is 6.71. The van der Waals surface area contributed by atoms with Gasteiger partial charge >= 0.3 is 6.03 Å². The molecule has 3 rings (SSSR count). The van der Waals surface area contributed by atoms with Crippen LogP contribution in [-0.2, 0) is 0 Å². The molecule has 1 atom stereocenters. The number of carbonyl (C=O) groups is 1. The molecule has 0 aromatic heterocycles. The van der Waals surface area contributed by atoms with E-state index in [9.17, 15) is 9.18 Å². The normalized spacial score (nSPS) is 16.1. The first kappa shape index (κ1) is 19.7. The summed E-state index contributed by atoms with van der Waals surface area (Å²) in [4.78, 5) is 18.0. The minimum atomic E-state index is -0.265. The summed E-state index contributed by atoms with van der Waals surface area (Å²) in [6.45, 7) is 6.21. The van der Waals surface area contributed by atoms with Crippen LogP contribution in [0, 0.1) is 5.82 Å². The molecule has 27 heavy (non-hydrogen) atoms. The highest BCUT2D eigenvalue weighted by Crippen LogP contribution is 2.17. The molecule has 1 saturated heterocycles. The molecule has 0 spiro atoms. The Bertz CT molecular complexity index is 718. The van der Waals surface area contributed by atoms with Gasteiger partial charge in [-0.05, 0) is 36.8 Å². The number of hydrogen-bond acceptors (Lipinski definition) is 3. The molecule has 144 valence electrons. The Labute approximate surface area is 164 Å². The number of carbonyl (C=O) groups excluding carboxylic acids is 1. The van der Waals surface area contributed by atoms with E-state index in [1.165, 1.54) is 17.0 Å². The zero-order chi connectivity index (χ0) is 19.1. The van der Waals surface area contributed by atoms with Gasteiger partial charge in [-0.2, -0.15) is 0 Å². The predicted molar refractivity (Wildman–Crippen MR) is 109 cm³/mol. The van der Waals surface area contributed by atoms with Crippen LogP contribution in [0.5, 0.6) is 0 Å². The predicted octanol–water partition coefficient (Wildman–Crippen LogP) is 4.01. The van der Waals surface area contributed by atoms with Crippen molar-refractivity contribution >= 4 is 17.8 Å². The van der Waals surface area contributed by atoms with Crippen LogP contribution in [0.1, 0.15) is 18.5 Å². The van der Waals surface area contributed by atoms with Gasteiger partial charge in [0.25, 0.3) is 0 Å². The van der Waals surface area contributed by atoms with E-state index in [1.54, 1.807) is 12.1 Å². The monoisotopic (exact) mass is 387 g/mol. The zero-order valence-corrected chi connectivity index (χ0v) is 16.4. The molecule has 1 fully saturated rings. The van der Waals surface area contributed by atoms with Crippen molar-refractivity contribution in [3.05, 3.63) is 66.0 Å². The number of nitrogens with zero attached hydrogens (tertiary/aromatic N) is 2. The average Bonchev–Trinajstić information content (AvgIpc) is 2.70. The molecule has 0 saturated carbocycles. The molecule has 1 heterocycles. The largest absolute Gasteiger partial charge is 0.331 e. The summed E-state index contributed by atoms with van der Waals surface area (Å²) in [5.74, 6) is 0.788. The van der Waals surface area contributed by atoms with E-state index in [-0.39, 0.29) is 17.9 Å². The second kappa shape index (κ2) is 9.76. The average molecular weight is 388 g/mol. The number of urea groups is 1. The lowest BCUT2D eigenvalue weighted by Crippen LogP contribution is -2.52. The molecule has 2 aromatic carbocycles. The van der Waals surface area contributed by atoms with Gasteiger partial charge in [-0.15, -0.1) is 11.8 Å². The summed E-state index contributed by atoms with van der Waals surface area (Å²) < 4.78 is 13.0. The molecular weight excluding hydrogens is 361 g/mol. The maximum atomic E-state index is 13.0. The van der Waals surface area contributed by atoms with Crippen LogP contribution in [0.3, 0.4) is 0 Å². The fourth-order valence-electron chi connectivity index (χ4n) is 3.10. The van der Waals surface area contributed by atoms with E-state index in [0.29, 0.717) is 0 Å². The molecule has 1 aliphatic heterocycles. The summed E-state index contributed by atoms with van der Waals surface area (Å²) in [6.07, 6.45) is 0. The van der Waals surface area contributed by atoms with Gasteiger partial charge in [0.2, 0.25) is 0 Å². The van der Waals surface area contributed by atoms with Crippen LogP contribution >= 0.6 is 11.8 Å². The Morgan fingerprint density at radius 1 is 1.07 bits per heavy atom. The van der Waals surface area contributed by atoms with Crippen molar-refractivity contribution in [1.82, 2.24) is 15.1 Å². The topological polar surface area (TPSA) is 35.6 Å². The Morgan fingerprint density at radius 2 is 1.74 bits per heavy atom. The fourth-order valence-corrected chi connectivity index (χ4v) is 4.03. The number of rotatable bonds is 6. The van der Waals surface area contributed by atoms with Crippen LogP contribution in [-0.4, -0.2) is 54.3 Å².